The smallest absolute Gasteiger partial charge is 0.337 e. The van der Waals surface area contributed by atoms with Gasteiger partial charge in [0.25, 0.3) is 0 Å². The van der Waals surface area contributed by atoms with E-state index >= 15 is 0 Å². The number of allylic oxidation sites excluding steroid dienone is 1. The summed E-state index contributed by atoms with van der Waals surface area (Å²) in [5.41, 5.74) is 4.65. The number of nitrogens with zero attached hydrogens (tertiary/aromatic N) is 4. The fraction of sp³-hybridized carbons (Fsp3) is 0.345. The van der Waals surface area contributed by atoms with Crippen molar-refractivity contribution in [3.05, 3.63) is 107 Å². The zero-order chi connectivity index (χ0) is 25.5. The third-order valence-corrected chi connectivity index (χ3v) is 6.51. The first-order chi connectivity index (χ1) is 17.4. The number of aromatic nitrogens is 2. The fourth-order valence-electron chi connectivity index (χ4n) is 4.77. The molecule has 3 heterocycles. The summed E-state index contributed by atoms with van der Waals surface area (Å²) in [5.74, 6) is -0.255. The molecule has 0 spiro atoms. The molecule has 0 saturated carbocycles. The van der Waals surface area contributed by atoms with E-state index in [4.69, 9.17) is 4.74 Å². The summed E-state index contributed by atoms with van der Waals surface area (Å²) in [4.78, 5) is 26.0. The number of esters is 1. The Morgan fingerprint density at radius 1 is 1.11 bits per heavy atom. The van der Waals surface area contributed by atoms with Gasteiger partial charge in [-0.25, -0.2) is 9.18 Å². The van der Waals surface area contributed by atoms with Crippen LogP contribution in [-0.4, -0.2) is 53.0 Å². The van der Waals surface area contributed by atoms with Crippen LogP contribution in [0.2, 0.25) is 0 Å². The number of pyridine rings is 2. The molecule has 1 aliphatic rings. The molecule has 3 aromatic rings. The largest absolute Gasteiger partial charge is 0.465 e. The second-order valence-corrected chi connectivity index (χ2v) is 9.41. The lowest BCUT2D eigenvalue weighted by atomic mass is 9.90. The van der Waals surface area contributed by atoms with Gasteiger partial charge in [0.1, 0.15) is 5.82 Å². The number of carbonyl (C=O) groups is 1. The average Bonchev–Trinajstić information content (AvgIpc) is 2.89. The van der Waals surface area contributed by atoms with Crippen molar-refractivity contribution in [3.63, 3.8) is 0 Å². The number of halogens is 1. The summed E-state index contributed by atoms with van der Waals surface area (Å²) in [6.07, 6.45) is 7.48. The van der Waals surface area contributed by atoms with Crippen LogP contribution in [0.5, 0.6) is 0 Å². The van der Waals surface area contributed by atoms with Crippen molar-refractivity contribution in [3.8, 4) is 0 Å². The van der Waals surface area contributed by atoms with Gasteiger partial charge in [-0.05, 0) is 67.8 Å². The summed E-state index contributed by atoms with van der Waals surface area (Å²) in [7, 11) is 3.48. The van der Waals surface area contributed by atoms with E-state index in [-0.39, 0.29) is 17.8 Å². The molecule has 2 aromatic heterocycles. The van der Waals surface area contributed by atoms with E-state index in [1.54, 1.807) is 12.3 Å². The van der Waals surface area contributed by atoms with Crippen molar-refractivity contribution in [1.29, 1.82) is 0 Å². The second kappa shape index (κ2) is 11.9. The standard InChI is InChI=1S/C29H33FN4O2/c1-21-16-26(20-33(2)19-25-6-4-5-13-31-25)34(15-12-22-7-9-24(30)10-8-22)28(17-21)27-18-23(11-14-32-27)29(35)36-3/h4-11,13-14,16,18,21,28H,12,15,17,19-20H2,1-3H3. The minimum absolute atomic E-state index is 0.00769. The molecular formula is C29H33FN4O2. The van der Waals surface area contributed by atoms with Gasteiger partial charge in [-0.15, -0.1) is 0 Å². The lowest BCUT2D eigenvalue weighted by Crippen LogP contribution is -2.39. The van der Waals surface area contributed by atoms with E-state index in [9.17, 15) is 9.18 Å². The van der Waals surface area contributed by atoms with Crippen LogP contribution in [0.15, 0.2) is 78.8 Å². The predicted molar refractivity (Wildman–Crippen MR) is 138 cm³/mol. The highest BCUT2D eigenvalue weighted by Gasteiger charge is 2.30. The van der Waals surface area contributed by atoms with Gasteiger partial charge < -0.3 is 9.64 Å². The van der Waals surface area contributed by atoms with Crippen LogP contribution in [0, 0.1) is 11.7 Å². The quantitative estimate of drug-likeness (QED) is 0.393. The molecule has 0 fully saturated rings. The maximum atomic E-state index is 13.4. The lowest BCUT2D eigenvalue weighted by molar-refractivity contribution is 0.0600. The zero-order valence-corrected chi connectivity index (χ0v) is 21.1. The molecule has 2 atom stereocenters. The SMILES string of the molecule is COC(=O)c1ccnc(C2CC(C)C=C(CN(C)Cc3ccccn3)N2CCc2ccc(F)cc2)c1. The monoisotopic (exact) mass is 488 g/mol. The van der Waals surface area contributed by atoms with Crippen molar-refractivity contribution in [2.75, 3.05) is 27.2 Å². The molecule has 188 valence electrons. The number of hydrogen-bond donors (Lipinski definition) is 0. The molecule has 0 aliphatic carbocycles. The summed E-state index contributed by atoms with van der Waals surface area (Å²) >= 11 is 0. The Balaban J connectivity index is 1.61. The maximum absolute atomic E-state index is 13.4. The Morgan fingerprint density at radius 2 is 1.92 bits per heavy atom. The van der Waals surface area contributed by atoms with Crippen LogP contribution in [0.4, 0.5) is 4.39 Å². The van der Waals surface area contributed by atoms with Crippen LogP contribution < -0.4 is 0 Å². The van der Waals surface area contributed by atoms with E-state index in [1.807, 2.05) is 42.6 Å². The van der Waals surface area contributed by atoms with Crippen LogP contribution in [0.3, 0.4) is 0 Å². The number of ether oxygens (including phenoxy) is 1. The van der Waals surface area contributed by atoms with Gasteiger partial charge in [0.2, 0.25) is 0 Å². The normalized spacial score (nSPS) is 17.7. The number of benzene rings is 1. The molecule has 4 rings (SSSR count). The average molecular weight is 489 g/mol. The third kappa shape index (κ3) is 6.55. The Morgan fingerprint density at radius 3 is 2.64 bits per heavy atom. The van der Waals surface area contributed by atoms with Crippen molar-refractivity contribution < 1.29 is 13.9 Å². The molecular weight excluding hydrogens is 455 g/mol. The molecule has 7 heteroatoms. The Hall–Kier alpha value is -3.58. The van der Waals surface area contributed by atoms with Crippen molar-refractivity contribution in [2.24, 2.45) is 5.92 Å². The zero-order valence-electron chi connectivity index (χ0n) is 21.1. The maximum Gasteiger partial charge on any atom is 0.337 e. The van der Waals surface area contributed by atoms with Crippen LogP contribution >= 0.6 is 0 Å². The summed E-state index contributed by atoms with van der Waals surface area (Å²) in [5, 5.41) is 0. The molecule has 0 bridgehead atoms. The molecule has 6 nitrogen and oxygen atoms in total. The van der Waals surface area contributed by atoms with Crippen LogP contribution in [0.1, 0.15) is 46.7 Å². The number of rotatable bonds is 9. The Kier molecular flexibility index (Phi) is 8.44. The topological polar surface area (TPSA) is 58.6 Å². The first kappa shape index (κ1) is 25.5. The molecule has 0 saturated heterocycles. The van der Waals surface area contributed by atoms with Gasteiger partial charge in [-0.3, -0.25) is 14.9 Å². The summed E-state index contributed by atoms with van der Waals surface area (Å²) in [6.45, 7) is 4.44. The van der Waals surface area contributed by atoms with E-state index in [0.29, 0.717) is 11.5 Å². The lowest BCUT2D eigenvalue weighted by Gasteiger charge is -2.41. The van der Waals surface area contributed by atoms with Gasteiger partial charge in [-0.1, -0.05) is 31.2 Å². The molecule has 1 aliphatic heterocycles. The number of methoxy groups -OCH3 is 1. The molecule has 0 amide bonds. The minimum atomic E-state index is -0.369. The third-order valence-electron chi connectivity index (χ3n) is 6.51. The van der Waals surface area contributed by atoms with Crippen molar-refractivity contribution in [2.45, 2.75) is 32.4 Å². The van der Waals surface area contributed by atoms with Gasteiger partial charge in [-0.2, -0.15) is 0 Å². The highest BCUT2D eigenvalue weighted by Crippen LogP contribution is 2.36. The van der Waals surface area contributed by atoms with Gasteiger partial charge in [0.05, 0.1) is 30.1 Å². The van der Waals surface area contributed by atoms with Gasteiger partial charge in [0.15, 0.2) is 0 Å². The molecule has 0 radical (unpaired) electrons. The second-order valence-electron chi connectivity index (χ2n) is 9.41. The molecule has 0 N–H and O–H groups in total. The van der Waals surface area contributed by atoms with Crippen molar-refractivity contribution >= 4 is 5.97 Å². The van der Waals surface area contributed by atoms with E-state index < -0.39 is 0 Å². The van der Waals surface area contributed by atoms with Crippen LogP contribution in [-0.2, 0) is 17.7 Å². The highest BCUT2D eigenvalue weighted by molar-refractivity contribution is 5.89. The van der Waals surface area contributed by atoms with Crippen molar-refractivity contribution in [1.82, 2.24) is 19.8 Å². The summed E-state index contributed by atoms with van der Waals surface area (Å²) < 4.78 is 18.4. The first-order valence-corrected chi connectivity index (χ1v) is 12.3. The fourth-order valence-corrected chi connectivity index (χ4v) is 4.77. The number of hydrogen-bond acceptors (Lipinski definition) is 6. The highest BCUT2D eigenvalue weighted by atomic mass is 19.1. The van der Waals surface area contributed by atoms with E-state index in [1.165, 1.54) is 24.9 Å². The first-order valence-electron chi connectivity index (χ1n) is 12.3. The Labute approximate surface area is 212 Å². The predicted octanol–water partition coefficient (Wildman–Crippen LogP) is 5.04. The molecule has 1 aromatic carbocycles. The Bertz CT molecular complexity index is 1180. The molecule has 2 unspecified atom stereocenters. The van der Waals surface area contributed by atoms with Crippen LogP contribution in [0.25, 0.3) is 0 Å². The van der Waals surface area contributed by atoms with E-state index in [2.05, 4.69) is 39.8 Å². The van der Waals surface area contributed by atoms with Gasteiger partial charge >= 0.3 is 5.97 Å². The summed E-state index contributed by atoms with van der Waals surface area (Å²) in [6, 6.07) is 16.2. The number of likely N-dealkylation sites (N-methyl/N-ethyl adjacent to an activating group) is 1. The van der Waals surface area contributed by atoms with Gasteiger partial charge in [0, 0.05) is 37.7 Å². The number of carbonyl (C=O) groups excluding carboxylic acids is 1. The molecule has 36 heavy (non-hydrogen) atoms. The van der Waals surface area contributed by atoms with E-state index in [0.717, 1.165) is 49.4 Å². The minimum Gasteiger partial charge on any atom is -0.465 e.